The van der Waals surface area contributed by atoms with Gasteiger partial charge in [0.15, 0.2) is 0 Å². The minimum absolute atomic E-state index is 0. The van der Waals surface area contributed by atoms with Gasteiger partial charge in [-0.05, 0) is 12.1 Å². The van der Waals surface area contributed by atoms with E-state index in [0.717, 1.165) is 19.6 Å². The monoisotopic (exact) mass is 250 g/mol. The van der Waals surface area contributed by atoms with Crippen molar-refractivity contribution in [2.45, 2.75) is 6.04 Å². The summed E-state index contributed by atoms with van der Waals surface area (Å²) in [5, 5.41) is 6.92. The van der Waals surface area contributed by atoms with Crippen LogP contribution in [0, 0.1) is 5.82 Å². The topological polar surface area (TPSA) is 24.1 Å². The smallest absolute Gasteiger partial charge is 0.129 e. The standard InChI is InChI=1S/C10H12ClFN2.ClH/c11-7-2-1-3-8(12)10(7)9-6-13-4-5-14-9;/h1-3,9,13-14H,4-6H2;1H/t9-;/m0./s1. The molecular weight excluding hydrogens is 238 g/mol. The van der Waals surface area contributed by atoms with E-state index in [1.165, 1.54) is 6.07 Å². The van der Waals surface area contributed by atoms with Gasteiger partial charge < -0.3 is 10.6 Å². The number of piperazine rings is 1. The third-order valence-electron chi connectivity index (χ3n) is 2.39. The Bertz CT molecular complexity index is 307. The maximum Gasteiger partial charge on any atom is 0.129 e. The first-order valence-corrected chi connectivity index (χ1v) is 5.05. The molecule has 2 rings (SSSR count). The van der Waals surface area contributed by atoms with Crippen molar-refractivity contribution in [2.24, 2.45) is 0 Å². The van der Waals surface area contributed by atoms with Crippen molar-refractivity contribution in [2.75, 3.05) is 19.6 Å². The first-order chi connectivity index (χ1) is 6.79. The molecule has 0 bridgehead atoms. The van der Waals surface area contributed by atoms with Gasteiger partial charge in [-0.15, -0.1) is 12.4 Å². The normalized spacial score (nSPS) is 20.8. The van der Waals surface area contributed by atoms with Crippen LogP contribution < -0.4 is 10.6 Å². The highest BCUT2D eigenvalue weighted by atomic mass is 35.5. The van der Waals surface area contributed by atoms with Crippen LogP contribution in [-0.2, 0) is 0 Å². The Labute approximate surface area is 99.6 Å². The summed E-state index contributed by atoms with van der Waals surface area (Å²) >= 11 is 5.96. The summed E-state index contributed by atoms with van der Waals surface area (Å²) in [5.41, 5.74) is 0.571. The fraction of sp³-hybridized carbons (Fsp3) is 0.400. The van der Waals surface area contributed by atoms with E-state index in [4.69, 9.17) is 11.6 Å². The lowest BCUT2D eigenvalue weighted by Crippen LogP contribution is -2.43. The van der Waals surface area contributed by atoms with Gasteiger partial charge in [0, 0.05) is 36.3 Å². The van der Waals surface area contributed by atoms with Crippen molar-refractivity contribution < 1.29 is 4.39 Å². The molecule has 5 heteroatoms. The van der Waals surface area contributed by atoms with Crippen LogP contribution in [0.3, 0.4) is 0 Å². The molecule has 1 saturated heterocycles. The molecule has 0 unspecified atom stereocenters. The van der Waals surface area contributed by atoms with Gasteiger partial charge in [-0.2, -0.15) is 0 Å². The maximum absolute atomic E-state index is 13.5. The molecule has 0 aromatic heterocycles. The highest BCUT2D eigenvalue weighted by Gasteiger charge is 2.20. The van der Waals surface area contributed by atoms with Crippen LogP contribution in [0.5, 0.6) is 0 Å². The molecule has 1 aliphatic rings. The van der Waals surface area contributed by atoms with E-state index in [-0.39, 0.29) is 24.3 Å². The summed E-state index contributed by atoms with van der Waals surface area (Å²) in [7, 11) is 0. The van der Waals surface area contributed by atoms with Crippen molar-refractivity contribution in [1.29, 1.82) is 0 Å². The number of benzene rings is 1. The van der Waals surface area contributed by atoms with Crippen molar-refractivity contribution in [3.05, 3.63) is 34.6 Å². The summed E-state index contributed by atoms with van der Waals surface area (Å²) in [5.74, 6) is -0.237. The Morgan fingerprint density at radius 3 is 2.73 bits per heavy atom. The Balaban J connectivity index is 0.00000112. The Morgan fingerprint density at radius 1 is 1.33 bits per heavy atom. The number of hydrogen-bond acceptors (Lipinski definition) is 2. The zero-order valence-corrected chi connectivity index (χ0v) is 9.67. The van der Waals surface area contributed by atoms with E-state index in [1.807, 2.05) is 0 Å². The fourth-order valence-corrected chi connectivity index (χ4v) is 2.00. The molecule has 1 atom stereocenters. The summed E-state index contributed by atoms with van der Waals surface area (Å²) < 4.78 is 13.5. The molecule has 0 saturated carbocycles. The van der Waals surface area contributed by atoms with Crippen LogP contribution >= 0.6 is 24.0 Å². The van der Waals surface area contributed by atoms with Crippen molar-refractivity contribution in [3.63, 3.8) is 0 Å². The van der Waals surface area contributed by atoms with Gasteiger partial charge in [0.25, 0.3) is 0 Å². The predicted molar refractivity (Wildman–Crippen MR) is 62.3 cm³/mol. The molecule has 15 heavy (non-hydrogen) atoms. The van der Waals surface area contributed by atoms with E-state index in [1.54, 1.807) is 12.1 Å². The lowest BCUT2D eigenvalue weighted by Gasteiger charge is -2.25. The average Bonchev–Trinajstić information content (AvgIpc) is 2.19. The third-order valence-corrected chi connectivity index (χ3v) is 2.72. The Hall–Kier alpha value is -0.350. The second-order valence-corrected chi connectivity index (χ2v) is 3.75. The lowest BCUT2D eigenvalue weighted by molar-refractivity contribution is 0.417. The zero-order valence-electron chi connectivity index (χ0n) is 8.09. The summed E-state index contributed by atoms with van der Waals surface area (Å²) in [4.78, 5) is 0. The van der Waals surface area contributed by atoms with Crippen LogP contribution in [0.25, 0.3) is 0 Å². The van der Waals surface area contributed by atoms with Gasteiger partial charge in [0.05, 0.1) is 0 Å². The molecule has 1 fully saturated rings. The highest BCUT2D eigenvalue weighted by Crippen LogP contribution is 2.25. The summed E-state index contributed by atoms with van der Waals surface area (Å²) in [6, 6.07) is 4.77. The molecule has 0 amide bonds. The van der Waals surface area contributed by atoms with Gasteiger partial charge in [-0.3, -0.25) is 0 Å². The van der Waals surface area contributed by atoms with E-state index >= 15 is 0 Å². The number of halogens is 3. The largest absolute Gasteiger partial charge is 0.314 e. The number of hydrogen-bond donors (Lipinski definition) is 2. The van der Waals surface area contributed by atoms with E-state index < -0.39 is 0 Å². The van der Waals surface area contributed by atoms with Crippen molar-refractivity contribution >= 4 is 24.0 Å². The van der Waals surface area contributed by atoms with Crippen LogP contribution in [0.1, 0.15) is 11.6 Å². The number of rotatable bonds is 1. The molecule has 0 aliphatic carbocycles. The van der Waals surface area contributed by atoms with Crippen LogP contribution in [0.4, 0.5) is 4.39 Å². The number of nitrogens with one attached hydrogen (secondary N) is 2. The minimum Gasteiger partial charge on any atom is -0.314 e. The van der Waals surface area contributed by atoms with Gasteiger partial charge in [0.2, 0.25) is 0 Å². The van der Waals surface area contributed by atoms with E-state index in [0.29, 0.717) is 10.6 Å². The molecule has 1 aliphatic heterocycles. The molecule has 2 nitrogen and oxygen atoms in total. The average molecular weight is 251 g/mol. The molecule has 0 spiro atoms. The fourth-order valence-electron chi connectivity index (χ4n) is 1.70. The van der Waals surface area contributed by atoms with Crippen LogP contribution in [0.15, 0.2) is 18.2 Å². The quantitative estimate of drug-likeness (QED) is 0.799. The molecule has 1 aromatic carbocycles. The first-order valence-electron chi connectivity index (χ1n) is 4.67. The second kappa shape index (κ2) is 5.66. The van der Waals surface area contributed by atoms with Gasteiger partial charge >= 0.3 is 0 Å². The van der Waals surface area contributed by atoms with E-state index in [9.17, 15) is 4.39 Å². The van der Waals surface area contributed by atoms with Gasteiger partial charge in [-0.1, -0.05) is 17.7 Å². The molecule has 1 heterocycles. The van der Waals surface area contributed by atoms with Crippen molar-refractivity contribution in [3.8, 4) is 0 Å². The predicted octanol–water partition coefficient (Wildman–Crippen LogP) is 2.13. The molecule has 2 N–H and O–H groups in total. The van der Waals surface area contributed by atoms with E-state index in [2.05, 4.69) is 10.6 Å². The third kappa shape index (κ3) is 2.82. The van der Waals surface area contributed by atoms with Crippen LogP contribution in [0.2, 0.25) is 5.02 Å². The summed E-state index contributed by atoms with van der Waals surface area (Å²) in [6.07, 6.45) is 0. The minimum atomic E-state index is -0.237. The second-order valence-electron chi connectivity index (χ2n) is 3.35. The highest BCUT2D eigenvalue weighted by molar-refractivity contribution is 6.31. The van der Waals surface area contributed by atoms with Gasteiger partial charge in [-0.25, -0.2) is 4.39 Å². The van der Waals surface area contributed by atoms with Crippen molar-refractivity contribution in [1.82, 2.24) is 10.6 Å². The Kier molecular flexibility index (Phi) is 4.80. The molecular formula is C10H13Cl2FN2. The lowest BCUT2D eigenvalue weighted by atomic mass is 10.0. The Morgan fingerprint density at radius 2 is 2.13 bits per heavy atom. The van der Waals surface area contributed by atoms with Crippen LogP contribution in [-0.4, -0.2) is 19.6 Å². The molecule has 0 radical (unpaired) electrons. The maximum atomic E-state index is 13.5. The molecule has 84 valence electrons. The first kappa shape index (κ1) is 12.7. The molecule has 1 aromatic rings. The van der Waals surface area contributed by atoms with Gasteiger partial charge in [0.1, 0.15) is 5.82 Å². The zero-order chi connectivity index (χ0) is 9.97. The summed E-state index contributed by atoms with van der Waals surface area (Å²) in [6.45, 7) is 2.48. The SMILES string of the molecule is Cl.Fc1cccc(Cl)c1[C@@H]1CNCCN1.